The Labute approximate surface area is 89.7 Å². The fraction of sp³-hybridized carbons (Fsp3) is 0.333. The molecule has 0 saturated carbocycles. The number of rotatable bonds is 2. The SMILES string of the molecule is Cc1cc(C)c(C(=O)NCC#N)c(C)c1. The zero-order valence-corrected chi connectivity index (χ0v) is 9.22. The van der Waals surface area contributed by atoms with Crippen LogP contribution >= 0.6 is 0 Å². The molecule has 15 heavy (non-hydrogen) atoms. The zero-order chi connectivity index (χ0) is 11.4. The predicted molar refractivity (Wildman–Crippen MR) is 58.6 cm³/mol. The van der Waals surface area contributed by atoms with Crippen LogP contribution in [0.2, 0.25) is 0 Å². The van der Waals surface area contributed by atoms with Crippen LogP contribution in [0.15, 0.2) is 12.1 Å². The average Bonchev–Trinajstić information content (AvgIpc) is 2.12. The monoisotopic (exact) mass is 202 g/mol. The fourth-order valence-electron chi connectivity index (χ4n) is 1.75. The second kappa shape index (κ2) is 4.61. The van der Waals surface area contributed by atoms with Crippen LogP contribution in [0.1, 0.15) is 27.0 Å². The number of amides is 1. The third-order valence-electron chi connectivity index (χ3n) is 2.23. The number of benzene rings is 1. The van der Waals surface area contributed by atoms with Gasteiger partial charge in [0.15, 0.2) is 0 Å². The molecule has 0 aliphatic carbocycles. The summed E-state index contributed by atoms with van der Waals surface area (Å²) < 4.78 is 0. The normalized spacial score (nSPS) is 9.47. The first-order valence-corrected chi connectivity index (χ1v) is 4.79. The number of aryl methyl sites for hydroxylation is 3. The van der Waals surface area contributed by atoms with Gasteiger partial charge < -0.3 is 5.32 Å². The van der Waals surface area contributed by atoms with Gasteiger partial charge in [0.1, 0.15) is 6.54 Å². The van der Waals surface area contributed by atoms with Gasteiger partial charge in [-0.25, -0.2) is 0 Å². The Morgan fingerprint density at radius 2 is 1.87 bits per heavy atom. The first-order valence-electron chi connectivity index (χ1n) is 4.79. The lowest BCUT2D eigenvalue weighted by atomic mass is 9.99. The maximum atomic E-state index is 11.7. The molecule has 0 atom stereocenters. The van der Waals surface area contributed by atoms with Gasteiger partial charge in [-0.05, 0) is 31.9 Å². The molecule has 3 nitrogen and oxygen atoms in total. The highest BCUT2D eigenvalue weighted by atomic mass is 16.1. The smallest absolute Gasteiger partial charge is 0.252 e. The van der Waals surface area contributed by atoms with Crippen molar-refractivity contribution in [2.45, 2.75) is 20.8 Å². The highest BCUT2D eigenvalue weighted by Gasteiger charge is 2.11. The van der Waals surface area contributed by atoms with Crippen LogP contribution in [0, 0.1) is 32.1 Å². The van der Waals surface area contributed by atoms with Crippen LogP contribution in [-0.4, -0.2) is 12.5 Å². The van der Waals surface area contributed by atoms with Crippen molar-refractivity contribution in [3.63, 3.8) is 0 Å². The second-order valence-electron chi connectivity index (χ2n) is 3.61. The van der Waals surface area contributed by atoms with Gasteiger partial charge in [-0.2, -0.15) is 5.26 Å². The largest absolute Gasteiger partial charge is 0.339 e. The molecule has 1 aromatic carbocycles. The number of nitrogens with one attached hydrogen (secondary N) is 1. The molecule has 0 spiro atoms. The Morgan fingerprint density at radius 1 is 1.33 bits per heavy atom. The van der Waals surface area contributed by atoms with E-state index < -0.39 is 0 Å². The maximum absolute atomic E-state index is 11.7. The standard InChI is InChI=1S/C12H14N2O/c1-8-6-9(2)11(10(3)7-8)12(15)14-5-4-13/h6-7H,5H2,1-3H3,(H,14,15). The number of nitrogens with zero attached hydrogens (tertiary/aromatic N) is 1. The summed E-state index contributed by atoms with van der Waals surface area (Å²) in [5.74, 6) is -0.174. The predicted octanol–water partition coefficient (Wildman–Crippen LogP) is 1.87. The minimum atomic E-state index is -0.174. The summed E-state index contributed by atoms with van der Waals surface area (Å²) in [4.78, 5) is 11.7. The van der Waals surface area contributed by atoms with Crippen LogP contribution < -0.4 is 5.32 Å². The van der Waals surface area contributed by atoms with Crippen LogP contribution in [-0.2, 0) is 0 Å². The van der Waals surface area contributed by atoms with E-state index in [1.807, 2.05) is 39.0 Å². The summed E-state index contributed by atoms with van der Waals surface area (Å²) in [5, 5.41) is 10.9. The van der Waals surface area contributed by atoms with Gasteiger partial charge in [0.05, 0.1) is 6.07 Å². The summed E-state index contributed by atoms with van der Waals surface area (Å²) in [6, 6.07) is 5.82. The molecule has 1 rings (SSSR count). The van der Waals surface area contributed by atoms with Gasteiger partial charge in [-0.1, -0.05) is 17.7 Å². The van der Waals surface area contributed by atoms with Crippen LogP contribution in [0.3, 0.4) is 0 Å². The van der Waals surface area contributed by atoms with Crippen molar-refractivity contribution in [2.75, 3.05) is 6.54 Å². The molecule has 1 aromatic rings. The zero-order valence-electron chi connectivity index (χ0n) is 9.22. The molecule has 0 aliphatic heterocycles. The van der Waals surface area contributed by atoms with Crippen LogP contribution in [0.25, 0.3) is 0 Å². The van der Waals surface area contributed by atoms with E-state index >= 15 is 0 Å². The molecule has 1 amide bonds. The van der Waals surface area contributed by atoms with Gasteiger partial charge in [0.25, 0.3) is 5.91 Å². The lowest BCUT2D eigenvalue weighted by Crippen LogP contribution is -2.25. The molecule has 0 aliphatic rings. The molecule has 0 unspecified atom stereocenters. The number of carbonyl (C=O) groups excluding carboxylic acids is 1. The van der Waals surface area contributed by atoms with E-state index in [2.05, 4.69) is 5.32 Å². The molecule has 1 N–H and O–H groups in total. The number of carbonyl (C=O) groups is 1. The van der Waals surface area contributed by atoms with Gasteiger partial charge in [0.2, 0.25) is 0 Å². The molecule has 0 radical (unpaired) electrons. The summed E-state index contributed by atoms with van der Waals surface area (Å²) in [6.45, 7) is 5.85. The first kappa shape index (κ1) is 11.3. The van der Waals surface area contributed by atoms with E-state index in [9.17, 15) is 4.79 Å². The van der Waals surface area contributed by atoms with Crippen molar-refractivity contribution < 1.29 is 4.79 Å². The number of nitriles is 1. The summed E-state index contributed by atoms with van der Waals surface area (Å²) in [5.41, 5.74) is 3.71. The summed E-state index contributed by atoms with van der Waals surface area (Å²) in [6.07, 6.45) is 0. The van der Waals surface area contributed by atoms with Crippen molar-refractivity contribution >= 4 is 5.91 Å². The Morgan fingerprint density at radius 3 is 2.33 bits per heavy atom. The molecule has 78 valence electrons. The minimum Gasteiger partial charge on any atom is -0.339 e. The van der Waals surface area contributed by atoms with Crippen molar-refractivity contribution in [2.24, 2.45) is 0 Å². The lowest BCUT2D eigenvalue weighted by molar-refractivity contribution is 0.0957. The topological polar surface area (TPSA) is 52.9 Å². The Bertz CT molecular complexity index is 407. The Kier molecular flexibility index (Phi) is 3.46. The van der Waals surface area contributed by atoms with Crippen molar-refractivity contribution in [3.8, 4) is 6.07 Å². The molecule has 3 heteroatoms. The van der Waals surface area contributed by atoms with E-state index in [0.717, 1.165) is 16.7 Å². The highest BCUT2D eigenvalue weighted by Crippen LogP contribution is 2.15. The van der Waals surface area contributed by atoms with Crippen LogP contribution in [0.4, 0.5) is 0 Å². The quantitative estimate of drug-likeness (QED) is 0.744. The van der Waals surface area contributed by atoms with Crippen molar-refractivity contribution in [1.29, 1.82) is 5.26 Å². The molecule has 0 aromatic heterocycles. The Balaban J connectivity index is 3.04. The van der Waals surface area contributed by atoms with Crippen LogP contribution in [0.5, 0.6) is 0 Å². The molecule has 0 fully saturated rings. The average molecular weight is 202 g/mol. The first-order chi connectivity index (χ1) is 7.06. The van der Waals surface area contributed by atoms with Gasteiger partial charge in [0, 0.05) is 5.56 Å². The summed E-state index contributed by atoms with van der Waals surface area (Å²) >= 11 is 0. The van der Waals surface area contributed by atoms with E-state index in [1.165, 1.54) is 0 Å². The highest BCUT2D eigenvalue weighted by molar-refractivity contribution is 5.97. The molecule has 0 heterocycles. The van der Waals surface area contributed by atoms with Crippen molar-refractivity contribution in [1.82, 2.24) is 5.32 Å². The van der Waals surface area contributed by atoms with Crippen molar-refractivity contribution in [3.05, 3.63) is 34.4 Å². The number of hydrogen-bond acceptors (Lipinski definition) is 2. The van der Waals surface area contributed by atoms with Gasteiger partial charge in [-0.3, -0.25) is 4.79 Å². The van der Waals surface area contributed by atoms with E-state index in [0.29, 0.717) is 5.56 Å². The minimum absolute atomic E-state index is 0.0472. The van der Waals surface area contributed by atoms with Gasteiger partial charge >= 0.3 is 0 Å². The molecular formula is C12H14N2O. The van der Waals surface area contributed by atoms with Gasteiger partial charge in [-0.15, -0.1) is 0 Å². The molecular weight excluding hydrogens is 188 g/mol. The second-order valence-corrected chi connectivity index (χ2v) is 3.61. The Hall–Kier alpha value is -1.82. The number of hydrogen-bond donors (Lipinski definition) is 1. The van der Waals surface area contributed by atoms with E-state index in [4.69, 9.17) is 5.26 Å². The third kappa shape index (κ3) is 2.57. The molecule has 0 saturated heterocycles. The maximum Gasteiger partial charge on any atom is 0.252 e. The van der Waals surface area contributed by atoms with E-state index in [-0.39, 0.29) is 12.5 Å². The lowest BCUT2D eigenvalue weighted by Gasteiger charge is -2.09. The fourth-order valence-corrected chi connectivity index (χ4v) is 1.75. The molecule has 0 bridgehead atoms. The third-order valence-corrected chi connectivity index (χ3v) is 2.23. The summed E-state index contributed by atoms with van der Waals surface area (Å²) in [7, 11) is 0. The van der Waals surface area contributed by atoms with E-state index in [1.54, 1.807) is 0 Å².